The lowest BCUT2D eigenvalue weighted by Crippen LogP contribution is -2.60. The van der Waals surface area contributed by atoms with Gasteiger partial charge in [-0.1, -0.05) is 50.4 Å². The summed E-state index contributed by atoms with van der Waals surface area (Å²) in [5.74, 6) is -0.0876. The molecule has 4 nitrogen and oxygen atoms in total. The molecule has 7 heteroatoms. The highest BCUT2D eigenvalue weighted by Crippen LogP contribution is 2.26. The van der Waals surface area contributed by atoms with Crippen molar-refractivity contribution in [1.29, 1.82) is 0 Å². The third-order valence-corrected chi connectivity index (χ3v) is 7.85. The van der Waals surface area contributed by atoms with E-state index < -0.39 is 0 Å². The minimum atomic E-state index is -0.229. The van der Waals surface area contributed by atoms with Crippen molar-refractivity contribution < 1.29 is 9.18 Å². The SMILES string of the molecule is CN(C[C@@H](CCN1CC(N2CCCCC2)C1)c1ccc(F)cc1)C(=O)c1cc(Br)cc(Br)c1. The number of hydrogen-bond acceptors (Lipinski definition) is 3. The van der Waals surface area contributed by atoms with Gasteiger partial charge in [0, 0.05) is 53.2 Å². The summed E-state index contributed by atoms with van der Waals surface area (Å²) in [4.78, 5) is 20.1. The van der Waals surface area contributed by atoms with Crippen LogP contribution < -0.4 is 0 Å². The second kappa shape index (κ2) is 11.4. The topological polar surface area (TPSA) is 26.8 Å². The summed E-state index contributed by atoms with van der Waals surface area (Å²) in [5, 5.41) is 0. The zero-order chi connectivity index (χ0) is 23.4. The van der Waals surface area contributed by atoms with Crippen LogP contribution in [0.3, 0.4) is 0 Å². The lowest BCUT2D eigenvalue weighted by Gasteiger charge is -2.47. The minimum Gasteiger partial charge on any atom is -0.341 e. The number of carbonyl (C=O) groups is 1. The van der Waals surface area contributed by atoms with Crippen molar-refractivity contribution >= 4 is 37.8 Å². The van der Waals surface area contributed by atoms with Crippen molar-refractivity contribution in [2.24, 2.45) is 0 Å². The van der Waals surface area contributed by atoms with Crippen LogP contribution in [0.2, 0.25) is 0 Å². The van der Waals surface area contributed by atoms with E-state index >= 15 is 0 Å². The summed E-state index contributed by atoms with van der Waals surface area (Å²) < 4.78 is 15.3. The Morgan fingerprint density at radius 2 is 1.70 bits per heavy atom. The Bertz CT molecular complexity index is 923. The third kappa shape index (κ3) is 6.65. The number of carbonyl (C=O) groups excluding carboxylic acids is 1. The number of hydrogen-bond donors (Lipinski definition) is 0. The lowest BCUT2D eigenvalue weighted by atomic mass is 9.93. The molecule has 2 aliphatic heterocycles. The standard InChI is InChI=1S/C26H32Br2FN3O/c1-30(26(33)21-13-22(27)15-23(28)14-21)16-20(19-5-7-24(29)8-6-19)9-12-31-17-25(18-31)32-10-3-2-4-11-32/h5-8,13-15,20,25H,2-4,9-12,16-18H2,1H3/t20-/m1/s1. The molecule has 0 aliphatic carbocycles. The summed E-state index contributed by atoms with van der Waals surface area (Å²) in [7, 11) is 1.85. The maximum Gasteiger partial charge on any atom is 0.253 e. The van der Waals surface area contributed by atoms with Crippen LogP contribution in [-0.2, 0) is 0 Å². The number of likely N-dealkylation sites (N-methyl/N-ethyl adjacent to an activating group) is 1. The van der Waals surface area contributed by atoms with Crippen LogP contribution in [-0.4, -0.2) is 73.0 Å². The average molecular weight is 581 g/mol. The summed E-state index contributed by atoms with van der Waals surface area (Å²) >= 11 is 6.94. The molecular weight excluding hydrogens is 549 g/mol. The van der Waals surface area contributed by atoms with Crippen molar-refractivity contribution in [2.75, 3.05) is 46.3 Å². The molecule has 0 spiro atoms. The molecule has 4 rings (SSSR count). The van der Waals surface area contributed by atoms with Gasteiger partial charge in [0.2, 0.25) is 0 Å². The highest BCUT2D eigenvalue weighted by atomic mass is 79.9. The van der Waals surface area contributed by atoms with Crippen LogP contribution in [0.4, 0.5) is 4.39 Å². The lowest BCUT2D eigenvalue weighted by molar-refractivity contribution is 0.0214. The van der Waals surface area contributed by atoms with E-state index in [-0.39, 0.29) is 17.6 Å². The molecule has 2 aromatic carbocycles. The van der Waals surface area contributed by atoms with Crippen LogP contribution >= 0.6 is 31.9 Å². The number of benzene rings is 2. The van der Waals surface area contributed by atoms with Crippen LogP contribution in [0.5, 0.6) is 0 Å². The maximum atomic E-state index is 13.5. The van der Waals surface area contributed by atoms with Crippen molar-refractivity contribution in [2.45, 2.75) is 37.6 Å². The van der Waals surface area contributed by atoms with E-state index in [4.69, 9.17) is 0 Å². The maximum absolute atomic E-state index is 13.5. The Kier molecular flexibility index (Phi) is 8.60. The van der Waals surface area contributed by atoms with Gasteiger partial charge >= 0.3 is 0 Å². The van der Waals surface area contributed by atoms with E-state index in [0.29, 0.717) is 18.2 Å². The third-order valence-electron chi connectivity index (χ3n) is 6.93. The highest BCUT2D eigenvalue weighted by molar-refractivity contribution is 9.11. The molecule has 2 heterocycles. The molecule has 0 unspecified atom stereocenters. The average Bonchev–Trinajstić information content (AvgIpc) is 2.77. The van der Waals surface area contributed by atoms with E-state index in [1.54, 1.807) is 4.90 Å². The molecule has 1 atom stereocenters. The van der Waals surface area contributed by atoms with Crippen LogP contribution in [0.15, 0.2) is 51.4 Å². The van der Waals surface area contributed by atoms with Crippen molar-refractivity contribution in [1.82, 2.24) is 14.7 Å². The molecule has 0 saturated carbocycles. The number of amides is 1. The van der Waals surface area contributed by atoms with E-state index in [0.717, 1.165) is 40.6 Å². The Balaban J connectivity index is 1.37. The van der Waals surface area contributed by atoms with Gasteiger partial charge in [-0.15, -0.1) is 0 Å². The molecule has 0 radical (unpaired) electrons. The number of likely N-dealkylation sites (tertiary alicyclic amines) is 2. The fraction of sp³-hybridized carbons (Fsp3) is 0.500. The molecule has 178 valence electrons. The normalized spacial score (nSPS) is 18.7. The van der Waals surface area contributed by atoms with Crippen LogP contribution in [0.1, 0.15) is 47.5 Å². The second-order valence-corrected chi connectivity index (χ2v) is 11.2. The summed E-state index contributed by atoms with van der Waals surface area (Å²) in [6.07, 6.45) is 4.98. The number of piperidine rings is 1. The first-order chi connectivity index (χ1) is 15.9. The van der Waals surface area contributed by atoms with Crippen molar-refractivity contribution in [3.8, 4) is 0 Å². The predicted molar refractivity (Wildman–Crippen MR) is 138 cm³/mol. The molecule has 0 bridgehead atoms. The summed E-state index contributed by atoms with van der Waals surface area (Å²) in [6.45, 7) is 6.35. The van der Waals surface area contributed by atoms with Crippen LogP contribution in [0, 0.1) is 5.82 Å². The molecule has 2 fully saturated rings. The van der Waals surface area contributed by atoms with E-state index in [1.165, 1.54) is 44.5 Å². The van der Waals surface area contributed by atoms with Crippen molar-refractivity contribution in [3.05, 3.63) is 68.4 Å². The fourth-order valence-electron chi connectivity index (χ4n) is 4.99. The highest BCUT2D eigenvalue weighted by Gasteiger charge is 2.32. The number of rotatable bonds is 8. The van der Waals surface area contributed by atoms with Gasteiger partial charge in [0.25, 0.3) is 5.91 Å². The Morgan fingerprint density at radius 1 is 1.06 bits per heavy atom. The summed E-state index contributed by atoms with van der Waals surface area (Å²) in [6, 6.07) is 13.1. The minimum absolute atomic E-state index is 0.0155. The van der Waals surface area contributed by atoms with E-state index in [1.807, 2.05) is 37.4 Å². The summed E-state index contributed by atoms with van der Waals surface area (Å²) in [5.41, 5.74) is 1.73. The second-order valence-electron chi connectivity index (χ2n) is 9.39. The van der Waals surface area contributed by atoms with Crippen molar-refractivity contribution in [3.63, 3.8) is 0 Å². The van der Waals surface area contributed by atoms with Gasteiger partial charge in [0.1, 0.15) is 5.82 Å². The zero-order valence-corrected chi connectivity index (χ0v) is 22.3. The Labute approximate surface area is 213 Å². The molecular formula is C26H32Br2FN3O. The first-order valence-corrected chi connectivity index (χ1v) is 13.4. The first-order valence-electron chi connectivity index (χ1n) is 11.8. The zero-order valence-electron chi connectivity index (χ0n) is 19.2. The van der Waals surface area contributed by atoms with Gasteiger partial charge in [0.15, 0.2) is 0 Å². The quantitative estimate of drug-likeness (QED) is 0.397. The molecule has 33 heavy (non-hydrogen) atoms. The Hall–Kier alpha value is -1.28. The van der Waals surface area contributed by atoms with E-state index in [9.17, 15) is 9.18 Å². The van der Waals surface area contributed by atoms with Gasteiger partial charge in [-0.25, -0.2) is 4.39 Å². The molecule has 2 aromatic rings. The van der Waals surface area contributed by atoms with Crippen LogP contribution in [0.25, 0.3) is 0 Å². The monoisotopic (exact) mass is 579 g/mol. The van der Waals surface area contributed by atoms with Gasteiger partial charge in [-0.2, -0.15) is 0 Å². The number of halogens is 3. The largest absolute Gasteiger partial charge is 0.341 e. The Morgan fingerprint density at radius 3 is 2.33 bits per heavy atom. The number of nitrogens with zero attached hydrogens (tertiary/aromatic N) is 3. The first kappa shape index (κ1) is 24.8. The fourth-order valence-corrected chi connectivity index (χ4v) is 6.28. The van der Waals surface area contributed by atoms with Gasteiger partial charge in [-0.05, 0) is 74.8 Å². The predicted octanol–water partition coefficient (Wildman–Crippen LogP) is 5.77. The van der Waals surface area contributed by atoms with Gasteiger partial charge in [-0.3, -0.25) is 9.69 Å². The molecule has 0 aromatic heterocycles. The molecule has 1 amide bonds. The molecule has 2 aliphatic rings. The van der Waals surface area contributed by atoms with E-state index in [2.05, 4.69) is 41.7 Å². The molecule has 2 saturated heterocycles. The van der Waals surface area contributed by atoms with Gasteiger partial charge in [0.05, 0.1) is 0 Å². The van der Waals surface area contributed by atoms with Gasteiger partial charge < -0.3 is 9.80 Å². The molecule has 0 N–H and O–H groups in total. The smallest absolute Gasteiger partial charge is 0.253 e.